The molecule has 1 amide bonds. The summed E-state index contributed by atoms with van der Waals surface area (Å²) in [5.41, 5.74) is 8.64. The largest absolute Gasteiger partial charge is 0.473 e. The first-order valence-corrected chi connectivity index (χ1v) is 18.5. The minimum Gasteiger partial charge on any atom is -0.473 e. The number of nitrogens with two attached hydrogens (primary N) is 1. The van der Waals surface area contributed by atoms with Gasteiger partial charge in [0.25, 0.3) is 0 Å². The normalized spacial score (nSPS) is 24.8. The Labute approximate surface area is 292 Å². The van der Waals surface area contributed by atoms with Crippen LogP contribution in [0.25, 0.3) is 11.5 Å². The van der Waals surface area contributed by atoms with Gasteiger partial charge in [0, 0.05) is 48.2 Å². The number of hydrogen-bond donors (Lipinski definition) is 1. The van der Waals surface area contributed by atoms with Gasteiger partial charge >= 0.3 is 6.09 Å². The van der Waals surface area contributed by atoms with Crippen LogP contribution in [-0.4, -0.2) is 88.0 Å². The van der Waals surface area contributed by atoms with Gasteiger partial charge in [0.1, 0.15) is 28.6 Å². The summed E-state index contributed by atoms with van der Waals surface area (Å²) in [6.45, 7) is 12.5. The molecule has 2 aliphatic heterocycles. The first-order chi connectivity index (χ1) is 23.4. The van der Waals surface area contributed by atoms with Gasteiger partial charge in [-0.15, -0.1) is 11.3 Å². The fourth-order valence-electron chi connectivity index (χ4n) is 8.51. The molecular weight excluding hydrogens is 641 g/mol. The van der Waals surface area contributed by atoms with Crippen molar-refractivity contribution in [1.82, 2.24) is 24.9 Å². The number of thiophene rings is 1. The van der Waals surface area contributed by atoms with Crippen LogP contribution in [0.4, 0.5) is 15.6 Å². The lowest BCUT2D eigenvalue weighted by molar-refractivity contribution is 0.0158. The van der Waals surface area contributed by atoms with E-state index in [2.05, 4.69) is 35.0 Å². The Kier molecular flexibility index (Phi) is 8.76. The van der Waals surface area contributed by atoms with Crippen molar-refractivity contribution in [2.24, 2.45) is 0 Å². The number of nitrogen functional groups attached to an aromatic ring is 1. The van der Waals surface area contributed by atoms with E-state index in [-0.39, 0.29) is 18.2 Å². The van der Waals surface area contributed by atoms with E-state index in [4.69, 9.17) is 29.7 Å². The van der Waals surface area contributed by atoms with E-state index in [9.17, 15) is 10.1 Å². The van der Waals surface area contributed by atoms with Gasteiger partial charge in [0.15, 0.2) is 17.3 Å². The summed E-state index contributed by atoms with van der Waals surface area (Å²) >= 11 is 1.54. The van der Waals surface area contributed by atoms with E-state index < -0.39 is 11.0 Å². The molecule has 3 aromatic heterocycles. The Bertz CT molecular complexity index is 1770. The molecule has 3 aromatic rings. The van der Waals surface area contributed by atoms with Crippen LogP contribution in [0.2, 0.25) is 0 Å². The number of fused-ring (bicyclic) bond motifs is 4. The van der Waals surface area contributed by atoms with Crippen molar-refractivity contribution in [2.45, 2.75) is 115 Å². The molecule has 0 saturated carbocycles. The van der Waals surface area contributed by atoms with Gasteiger partial charge < -0.3 is 29.5 Å². The molecule has 13 heteroatoms. The number of amides is 1. The van der Waals surface area contributed by atoms with Crippen LogP contribution in [0.5, 0.6) is 5.88 Å². The van der Waals surface area contributed by atoms with E-state index in [0.29, 0.717) is 53.6 Å². The Morgan fingerprint density at radius 3 is 2.65 bits per heavy atom. The number of likely N-dealkylation sites (N-methyl/N-ethyl adjacent to an activating group) is 1. The van der Waals surface area contributed by atoms with Crippen LogP contribution in [0.1, 0.15) is 100 Å². The van der Waals surface area contributed by atoms with Gasteiger partial charge in [0.05, 0.1) is 11.0 Å². The van der Waals surface area contributed by atoms with Crippen LogP contribution in [-0.2, 0) is 23.0 Å². The predicted octanol–water partition coefficient (Wildman–Crippen LogP) is 5.91. The van der Waals surface area contributed by atoms with Crippen molar-refractivity contribution in [3.8, 4) is 23.5 Å². The van der Waals surface area contributed by atoms with Crippen LogP contribution in [0.3, 0.4) is 0 Å². The van der Waals surface area contributed by atoms with E-state index in [1.54, 1.807) is 4.90 Å². The Morgan fingerprint density at radius 2 is 1.96 bits per heavy atom. The number of ether oxygens (including phenoxy) is 2. The van der Waals surface area contributed by atoms with Gasteiger partial charge in [0.2, 0.25) is 5.88 Å². The summed E-state index contributed by atoms with van der Waals surface area (Å²) in [6, 6.07) is 4.53. The Morgan fingerprint density at radius 1 is 1.18 bits per heavy atom. The third-order valence-corrected chi connectivity index (χ3v) is 11.8. The number of carbonyl (C=O) groups is 1. The molecule has 7 rings (SSSR count). The van der Waals surface area contributed by atoms with Gasteiger partial charge in [-0.25, -0.2) is 9.78 Å². The minimum absolute atomic E-state index is 0.0744. The topological polar surface area (TPSA) is 147 Å². The Hall–Kier alpha value is -3.89. The SMILES string of the molecule is C[C@H](Oc1cc(N2CCN(C(=O)OC(C)(C)C)[C@@H](C)C2)nc(-c2noc3c2CCC[C@@]32CCCc3sc(N)c(C#N)c32)n1)[C@@H]1CCCN1C. The number of nitrogens with zero attached hydrogens (tertiary/aromatic N) is 7. The lowest BCUT2D eigenvalue weighted by atomic mass is 9.63. The number of likely N-dealkylation sites (tertiary alicyclic amines) is 1. The summed E-state index contributed by atoms with van der Waals surface area (Å²) in [6.07, 6.45) is 7.24. The highest BCUT2D eigenvalue weighted by Crippen LogP contribution is 2.55. The number of aryl methyl sites for hydroxylation is 1. The van der Waals surface area contributed by atoms with Crippen molar-refractivity contribution < 1.29 is 18.8 Å². The van der Waals surface area contributed by atoms with Crippen LogP contribution < -0.4 is 15.4 Å². The van der Waals surface area contributed by atoms with Gasteiger partial charge in [-0.05, 0) is 105 Å². The lowest BCUT2D eigenvalue weighted by Crippen LogP contribution is -2.55. The van der Waals surface area contributed by atoms with Crippen LogP contribution in [0.15, 0.2) is 10.6 Å². The maximum absolute atomic E-state index is 13.0. The second kappa shape index (κ2) is 12.8. The van der Waals surface area contributed by atoms with Crippen molar-refractivity contribution in [3.05, 3.63) is 33.4 Å². The maximum atomic E-state index is 13.0. The maximum Gasteiger partial charge on any atom is 0.410 e. The van der Waals surface area contributed by atoms with E-state index in [0.717, 1.165) is 80.6 Å². The highest BCUT2D eigenvalue weighted by atomic mass is 32.1. The number of piperazine rings is 1. The van der Waals surface area contributed by atoms with Gasteiger partial charge in [-0.1, -0.05) is 5.16 Å². The third-order valence-electron chi connectivity index (χ3n) is 10.8. The molecule has 5 heterocycles. The standard InChI is InChI=1S/C36H48N8O4S/c1-21-20-43(16-17-44(21)34(45)47-35(3,4)5)27-18-28(46-22(2)25-11-9-15-42(25)6)40-33(39-27)30-23-10-7-13-36(31(23)48-41-30)14-8-12-26-29(36)24(19-37)32(38)49-26/h18,21-22,25H,7-17,20,38H2,1-6H3/t21-,22-,25-,36-/m0/s1. The van der Waals surface area contributed by atoms with Crippen molar-refractivity contribution in [3.63, 3.8) is 0 Å². The average molecular weight is 689 g/mol. The van der Waals surface area contributed by atoms with E-state index in [1.165, 1.54) is 16.2 Å². The van der Waals surface area contributed by atoms with Gasteiger partial charge in [-0.2, -0.15) is 10.2 Å². The quantitative estimate of drug-likeness (QED) is 0.341. The first kappa shape index (κ1) is 33.6. The number of aromatic nitrogens is 3. The van der Waals surface area contributed by atoms with Crippen LogP contribution >= 0.6 is 11.3 Å². The molecule has 0 unspecified atom stereocenters. The molecule has 4 atom stereocenters. The molecule has 0 radical (unpaired) electrons. The predicted molar refractivity (Wildman–Crippen MR) is 188 cm³/mol. The van der Waals surface area contributed by atoms with Crippen molar-refractivity contribution >= 4 is 28.2 Å². The van der Waals surface area contributed by atoms with E-state index >= 15 is 0 Å². The number of rotatable bonds is 5. The first-order valence-electron chi connectivity index (χ1n) is 17.7. The number of carbonyl (C=O) groups excluding carboxylic acids is 1. The number of nitriles is 1. The molecule has 4 aliphatic rings. The summed E-state index contributed by atoms with van der Waals surface area (Å²) in [7, 11) is 2.15. The highest BCUT2D eigenvalue weighted by Gasteiger charge is 2.49. The van der Waals surface area contributed by atoms with Gasteiger partial charge in [-0.3, -0.25) is 4.90 Å². The fraction of sp³-hybridized carbons (Fsp3) is 0.639. The summed E-state index contributed by atoms with van der Waals surface area (Å²) < 4.78 is 18.6. The van der Waals surface area contributed by atoms with Crippen molar-refractivity contribution in [1.29, 1.82) is 5.26 Å². The minimum atomic E-state index is -0.563. The zero-order valence-corrected chi connectivity index (χ0v) is 30.4. The molecule has 2 aliphatic carbocycles. The average Bonchev–Trinajstić information content (AvgIpc) is 3.77. The zero-order chi connectivity index (χ0) is 34.7. The fourth-order valence-corrected chi connectivity index (χ4v) is 9.67. The summed E-state index contributed by atoms with van der Waals surface area (Å²) in [5, 5.41) is 15.4. The molecule has 262 valence electrons. The molecule has 0 aromatic carbocycles. The Balaban J connectivity index is 1.25. The number of anilines is 2. The number of hydrogen-bond acceptors (Lipinski definition) is 12. The highest BCUT2D eigenvalue weighted by molar-refractivity contribution is 7.16. The monoisotopic (exact) mass is 688 g/mol. The van der Waals surface area contributed by atoms with Crippen molar-refractivity contribution in [2.75, 3.05) is 43.9 Å². The molecule has 1 spiro atoms. The molecule has 2 saturated heterocycles. The molecule has 0 bridgehead atoms. The molecule has 49 heavy (non-hydrogen) atoms. The second-order valence-electron chi connectivity index (χ2n) is 15.2. The molecule has 2 fully saturated rings. The zero-order valence-electron chi connectivity index (χ0n) is 29.5. The smallest absolute Gasteiger partial charge is 0.410 e. The lowest BCUT2D eigenvalue weighted by Gasteiger charge is -2.40. The molecule has 2 N–H and O–H groups in total. The van der Waals surface area contributed by atoms with E-state index in [1.807, 2.05) is 33.8 Å². The third kappa shape index (κ3) is 6.11. The van der Waals surface area contributed by atoms with Crippen LogP contribution in [0, 0.1) is 11.3 Å². The summed E-state index contributed by atoms with van der Waals surface area (Å²) in [4.78, 5) is 30.6. The molecule has 12 nitrogen and oxygen atoms in total. The molecular formula is C36H48N8O4S. The second-order valence-corrected chi connectivity index (χ2v) is 16.4. The summed E-state index contributed by atoms with van der Waals surface area (Å²) in [5.74, 6) is 2.50.